The van der Waals surface area contributed by atoms with E-state index in [0.29, 0.717) is 12.4 Å². The van der Waals surface area contributed by atoms with Gasteiger partial charge in [0.2, 0.25) is 5.82 Å². The molecule has 4 rings (SSSR count). The zero-order chi connectivity index (χ0) is 17.8. The third kappa shape index (κ3) is 3.53. The van der Waals surface area contributed by atoms with Crippen LogP contribution in [-0.2, 0) is 6.54 Å². The van der Waals surface area contributed by atoms with E-state index in [0.717, 1.165) is 30.0 Å². The molecule has 1 fully saturated rings. The van der Waals surface area contributed by atoms with Crippen LogP contribution in [0.1, 0.15) is 29.1 Å². The number of hydrogen-bond acceptors (Lipinski definition) is 7. The molecule has 0 bridgehead atoms. The van der Waals surface area contributed by atoms with E-state index in [9.17, 15) is 4.79 Å². The molecule has 4 heterocycles. The van der Waals surface area contributed by atoms with Crippen molar-refractivity contribution in [3.05, 3.63) is 54.3 Å². The summed E-state index contributed by atoms with van der Waals surface area (Å²) >= 11 is 0. The molecule has 1 aliphatic heterocycles. The highest BCUT2D eigenvalue weighted by molar-refractivity contribution is 5.89. The molecule has 0 aromatic carbocycles. The molecule has 3 aromatic rings. The fraction of sp³-hybridized carbons (Fsp3) is 0.278. The Bertz CT molecular complexity index is 889. The maximum absolute atomic E-state index is 12.2. The maximum Gasteiger partial charge on any atom is 0.316 e. The van der Waals surface area contributed by atoms with E-state index in [1.807, 2.05) is 24.3 Å². The van der Waals surface area contributed by atoms with E-state index in [2.05, 4.69) is 30.3 Å². The van der Waals surface area contributed by atoms with Crippen LogP contribution in [0.15, 0.2) is 47.4 Å². The number of nitrogens with zero attached hydrogens (tertiary/aromatic N) is 5. The van der Waals surface area contributed by atoms with Crippen LogP contribution in [0.5, 0.6) is 0 Å². The fourth-order valence-electron chi connectivity index (χ4n) is 2.87. The first-order chi connectivity index (χ1) is 12.8. The quantitative estimate of drug-likeness (QED) is 0.752. The monoisotopic (exact) mass is 350 g/mol. The van der Waals surface area contributed by atoms with Crippen molar-refractivity contribution < 1.29 is 9.32 Å². The van der Waals surface area contributed by atoms with Crippen molar-refractivity contribution in [1.29, 1.82) is 0 Å². The van der Waals surface area contributed by atoms with E-state index >= 15 is 0 Å². The maximum atomic E-state index is 12.2. The highest BCUT2D eigenvalue weighted by Gasteiger charge is 2.18. The van der Waals surface area contributed by atoms with E-state index in [1.54, 1.807) is 18.6 Å². The van der Waals surface area contributed by atoms with Crippen LogP contribution in [0.3, 0.4) is 0 Å². The van der Waals surface area contributed by atoms with Gasteiger partial charge in [0.25, 0.3) is 0 Å². The molecule has 26 heavy (non-hydrogen) atoms. The molecular weight excluding hydrogens is 332 g/mol. The molecular formula is C18H18N6O2. The summed E-state index contributed by atoms with van der Waals surface area (Å²) in [5.74, 6) is 0.789. The van der Waals surface area contributed by atoms with Gasteiger partial charge in [-0.2, -0.15) is 4.98 Å². The first-order valence-electron chi connectivity index (χ1n) is 8.52. The Morgan fingerprint density at radius 2 is 2.12 bits per heavy atom. The number of carbonyl (C=O) groups is 1. The predicted molar refractivity (Wildman–Crippen MR) is 94.4 cm³/mol. The minimum absolute atomic E-state index is 0.0663. The highest BCUT2D eigenvalue weighted by atomic mass is 16.5. The number of rotatable bonds is 5. The van der Waals surface area contributed by atoms with Gasteiger partial charge in [-0.25, -0.2) is 4.98 Å². The summed E-state index contributed by atoms with van der Waals surface area (Å²) < 4.78 is 5.11. The van der Waals surface area contributed by atoms with Gasteiger partial charge in [0, 0.05) is 43.8 Å². The molecule has 0 saturated carbocycles. The zero-order valence-corrected chi connectivity index (χ0v) is 14.1. The van der Waals surface area contributed by atoms with E-state index in [-0.39, 0.29) is 5.89 Å². The van der Waals surface area contributed by atoms with Crippen LogP contribution >= 0.6 is 0 Å². The van der Waals surface area contributed by atoms with Gasteiger partial charge in [-0.1, -0.05) is 11.2 Å². The summed E-state index contributed by atoms with van der Waals surface area (Å²) in [7, 11) is 0. The lowest BCUT2D eigenvalue weighted by Crippen LogP contribution is -2.23. The molecule has 3 aromatic heterocycles. The van der Waals surface area contributed by atoms with Crippen LogP contribution in [-0.4, -0.2) is 39.1 Å². The number of carbonyl (C=O) groups excluding carboxylic acids is 1. The summed E-state index contributed by atoms with van der Waals surface area (Å²) in [4.78, 5) is 27.0. The first kappa shape index (κ1) is 16.2. The van der Waals surface area contributed by atoms with Crippen molar-refractivity contribution in [3.63, 3.8) is 0 Å². The first-order valence-corrected chi connectivity index (χ1v) is 8.52. The normalized spacial score (nSPS) is 13.8. The number of anilines is 1. The Morgan fingerprint density at radius 1 is 1.23 bits per heavy atom. The minimum Gasteiger partial charge on any atom is -0.357 e. The van der Waals surface area contributed by atoms with Crippen molar-refractivity contribution in [1.82, 2.24) is 25.4 Å². The summed E-state index contributed by atoms with van der Waals surface area (Å²) in [5, 5.41) is 6.67. The zero-order valence-electron chi connectivity index (χ0n) is 14.1. The molecule has 8 nitrogen and oxygen atoms in total. The van der Waals surface area contributed by atoms with Gasteiger partial charge in [-0.3, -0.25) is 9.78 Å². The number of aromatic nitrogens is 4. The second-order valence-corrected chi connectivity index (χ2v) is 6.06. The molecule has 0 unspecified atom stereocenters. The van der Waals surface area contributed by atoms with Crippen LogP contribution in [0.25, 0.3) is 11.4 Å². The average Bonchev–Trinajstić information content (AvgIpc) is 3.39. The van der Waals surface area contributed by atoms with Crippen molar-refractivity contribution in [2.45, 2.75) is 19.4 Å². The van der Waals surface area contributed by atoms with Crippen molar-refractivity contribution in [2.24, 2.45) is 0 Å². The van der Waals surface area contributed by atoms with Crippen LogP contribution in [0.4, 0.5) is 5.82 Å². The Morgan fingerprint density at radius 3 is 2.92 bits per heavy atom. The van der Waals surface area contributed by atoms with Gasteiger partial charge in [0.1, 0.15) is 5.82 Å². The van der Waals surface area contributed by atoms with E-state index in [4.69, 9.17) is 4.52 Å². The lowest BCUT2D eigenvalue weighted by atomic mass is 10.2. The average molecular weight is 350 g/mol. The lowest BCUT2D eigenvalue weighted by molar-refractivity contribution is 0.0907. The summed E-state index contributed by atoms with van der Waals surface area (Å²) in [6.07, 6.45) is 7.45. The van der Waals surface area contributed by atoms with Crippen molar-refractivity contribution in [3.8, 4) is 11.4 Å². The highest BCUT2D eigenvalue weighted by Crippen LogP contribution is 2.23. The minimum atomic E-state index is -0.415. The molecule has 1 amide bonds. The van der Waals surface area contributed by atoms with Gasteiger partial charge < -0.3 is 14.7 Å². The Hall–Kier alpha value is -3.29. The molecule has 1 N–H and O–H groups in total. The SMILES string of the molecule is O=C(NCc1cccnc1)c1nc(-c2ccnc(N3CCCC3)c2)no1. The van der Waals surface area contributed by atoms with Crippen LogP contribution < -0.4 is 10.2 Å². The standard InChI is InChI=1S/C18H18N6O2/c25-17(21-12-13-4-3-6-19-11-13)18-22-16(23-26-18)14-5-7-20-15(10-14)24-8-1-2-9-24/h3-7,10-11H,1-2,8-9,12H2,(H,21,25). The van der Waals surface area contributed by atoms with Crippen LogP contribution in [0.2, 0.25) is 0 Å². The van der Waals surface area contributed by atoms with Crippen molar-refractivity contribution >= 4 is 11.7 Å². The summed E-state index contributed by atoms with van der Waals surface area (Å²) in [5.41, 5.74) is 1.67. The third-order valence-corrected chi connectivity index (χ3v) is 4.23. The molecule has 1 aliphatic rings. The molecule has 1 saturated heterocycles. The molecule has 0 atom stereocenters. The molecule has 0 radical (unpaired) electrons. The Kier molecular flexibility index (Phi) is 4.55. The summed E-state index contributed by atoms with van der Waals surface area (Å²) in [6.45, 7) is 2.36. The second-order valence-electron chi connectivity index (χ2n) is 6.06. The van der Waals surface area contributed by atoms with Crippen molar-refractivity contribution in [2.75, 3.05) is 18.0 Å². The lowest BCUT2D eigenvalue weighted by Gasteiger charge is -2.16. The Labute approximate surface area is 150 Å². The summed E-state index contributed by atoms with van der Waals surface area (Å²) in [6, 6.07) is 7.42. The molecule has 0 aliphatic carbocycles. The number of hydrogen-bond donors (Lipinski definition) is 1. The largest absolute Gasteiger partial charge is 0.357 e. The Balaban J connectivity index is 1.45. The molecule has 8 heteroatoms. The topological polar surface area (TPSA) is 97.0 Å². The second kappa shape index (κ2) is 7.30. The number of amides is 1. The predicted octanol–water partition coefficient (Wildman–Crippen LogP) is 2.06. The van der Waals surface area contributed by atoms with Crippen LogP contribution in [0, 0.1) is 0 Å². The van der Waals surface area contributed by atoms with Gasteiger partial charge >= 0.3 is 11.8 Å². The third-order valence-electron chi connectivity index (χ3n) is 4.23. The molecule has 132 valence electrons. The van der Waals surface area contributed by atoms with E-state index < -0.39 is 5.91 Å². The molecule has 0 spiro atoms. The smallest absolute Gasteiger partial charge is 0.316 e. The van der Waals surface area contributed by atoms with Gasteiger partial charge in [-0.05, 0) is 36.6 Å². The van der Waals surface area contributed by atoms with Gasteiger partial charge in [-0.15, -0.1) is 0 Å². The number of pyridine rings is 2. The van der Waals surface area contributed by atoms with E-state index in [1.165, 1.54) is 12.8 Å². The number of nitrogens with one attached hydrogen (secondary N) is 1. The van der Waals surface area contributed by atoms with Gasteiger partial charge in [0.15, 0.2) is 0 Å². The van der Waals surface area contributed by atoms with Gasteiger partial charge in [0.05, 0.1) is 0 Å². The fourth-order valence-corrected chi connectivity index (χ4v) is 2.87.